The van der Waals surface area contributed by atoms with Gasteiger partial charge in [0.15, 0.2) is 5.96 Å². The van der Waals surface area contributed by atoms with Crippen molar-refractivity contribution in [3.63, 3.8) is 0 Å². The fourth-order valence-corrected chi connectivity index (χ4v) is 3.25. The van der Waals surface area contributed by atoms with Gasteiger partial charge in [-0.2, -0.15) is 5.10 Å². The number of guanidine groups is 1. The smallest absolute Gasteiger partial charge is 0.191 e. The van der Waals surface area contributed by atoms with Gasteiger partial charge in [-0.15, -0.1) is 0 Å². The van der Waals surface area contributed by atoms with Crippen molar-refractivity contribution >= 4 is 5.96 Å². The number of hydrogen-bond donors (Lipinski definition) is 2. The summed E-state index contributed by atoms with van der Waals surface area (Å²) in [5, 5.41) is 11.5. The third-order valence-electron chi connectivity index (χ3n) is 4.78. The highest BCUT2D eigenvalue weighted by Crippen LogP contribution is 2.12. The van der Waals surface area contributed by atoms with Crippen molar-refractivity contribution in [1.29, 1.82) is 0 Å². The summed E-state index contributed by atoms with van der Waals surface area (Å²) in [5.74, 6) is 0.890. The lowest BCUT2D eigenvalue weighted by Gasteiger charge is -2.32. The van der Waals surface area contributed by atoms with E-state index >= 15 is 0 Å². The van der Waals surface area contributed by atoms with Gasteiger partial charge < -0.3 is 15.5 Å². The van der Waals surface area contributed by atoms with Crippen molar-refractivity contribution in [1.82, 2.24) is 25.3 Å². The van der Waals surface area contributed by atoms with Crippen molar-refractivity contribution < 1.29 is 0 Å². The Labute approximate surface area is 140 Å². The second kappa shape index (κ2) is 8.34. The van der Waals surface area contributed by atoms with Crippen molar-refractivity contribution in [2.24, 2.45) is 12.0 Å². The van der Waals surface area contributed by atoms with Crippen LogP contribution in [0.4, 0.5) is 0 Å². The Bertz CT molecular complexity index is 525. The molecule has 1 aromatic heterocycles. The lowest BCUT2D eigenvalue weighted by atomic mass is 10.1. The number of nitrogens with zero attached hydrogens (tertiary/aromatic N) is 4. The zero-order valence-electron chi connectivity index (χ0n) is 15.3. The number of likely N-dealkylation sites (tertiary alicyclic amines) is 1. The number of rotatable bonds is 5. The van der Waals surface area contributed by atoms with Crippen LogP contribution in [0.2, 0.25) is 0 Å². The molecule has 1 fully saturated rings. The first-order chi connectivity index (χ1) is 11.0. The summed E-state index contributed by atoms with van der Waals surface area (Å²) in [6.45, 7) is 10.8. The monoisotopic (exact) mass is 320 g/mol. The summed E-state index contributed by atoms with van der Waals surface area (Å²) in [6, 6.07) is 0.519. The van der Waals surface area contributed by atoms with E-state index < -0.39 is 0 Å². The van der Waals surface area contributed by atoms with E-state index in [1.807, 2.05) is 18.8 Å². The first-order valence-corrected chi connectivity index (χ1v) is 8.73. The predicted molar refractivity (Wildman–Crippen MR) is 95.8 cm³/mol. The molecule has 1 aromatic rings. The molecule has 1 saturated heterocycles. The SMILES string of the molecule is CCCN1CCC(NC(=NC)NCc2c(C)nn(C)c2C)CC1. The van der Waals surface area contributed by atoms with Crippen molar-refractivity contribution in [2.75, 3.05) is 26.7 Å². The number of aliphatic imine (C=N–C) groups is 1. The molecule has 0 radical (unpaired) electrons. The fraction of sp³-hybridized carbons (Fsp3) is 0.765. The zero-order valence-corrected chi connectivity index (χ0v) is 15.3. The van der Waals surface area contributed by atoms with E-state index in [0.29, 0.717) is 6.04 Å². The highest BCUT2D eigenvalue weighted by molar-refractivity contribution is 5.80. The molecule has 0 unspecified atom stereocenters. The van der Waals surface area contributed by atoms with Crippen LogP contribution in [0.5, 0.6) is 0 Å². The Kier molecular flexibility index (Phi) is 6.45. The van der Waals surface area contributed by atoms with Gasteiger partial charge in [-0.05, 0) is 39.7 Å². The summed E-state index contributed by atoms with van der Waals surface area (Å²) in [6.07, 6.45) is 3.61. The largest absolute Gasteiger partial charge is 0.354 e. The average Bonchev–Trinajstić information content (AvgIpc) is 2.78. The average molecular weight is 320 g/mol. The van der Waals surface area contributed by atoms with Crippen LogP contribution in [0, 0.1) is 13.8 Å². The second-order valence-corrected chi connectivity index (χ2v) is 6.46. The van der Waals surface area contributed by atoms with Gasteiger partial charge in [0.05, 0.1) is 5.69 Å². The topological polar surface area (TPSA) is 57.5 Å². The van der Waals surface area contributed by atoms with E-state index in [2.05, 4.69) is 46.4 Å². The van der Waals surface area contributed by atoms with Crippen LogP contribution in [-0.2, 0) is 13.6 Å². The van der Waals surface area contributed by atoms with E-state index in [1.54, 1.807) is 0 Å². The Hall–Kier alpha value is -1.56. The summed E-state index contributed by atoms with van der Waals surface area (Å²) in [5.41, 5.74) is 3.55. The molecule has 2 N–H and O–H groups in total. The molecule has 0 amide bonds. The van der Waals surface area contributed by atoms with E-state index in [9.17, 15) is 0 Å². The first kappa shape index (κ1) is 17.8. The molecule has 0 aromatic carbocycles. The van der Waals surface area contributed by atoms with Crippen LogP contribution in [-0.4, -0.2) is 53.4 Å². The maximum absolute atomic E-state index is 4.47. The molecular weight excluding hydrogens is 288 g/mol. The van der Waals surface area contributed by atoms with Crippen molar-refractivity contribution in [2.45, 2.75) is 52.6 Å². The number of nitrogens with one attached hydrogen (secondary N) is 2. The molecule has 1 aliphatic heterocycles. The van der Waals surface area contributed by atoms with Gasteiger partial charge in [-0.1, -0.05) is 6.92 Å². The molecule has 130 valence electrons. The van der Waals surface area contributed by atoms with E-state index in [0.717, 1.165) is 18.2 Å². The molecule has 2 heterocycles. The molecule has 6 nitrogen and oxygen atoms in total. The molecule has 0 atom stereocenters. The summed E-state index contributed by atoms with van der Waals surface area (Å²) < 4.78 is 1.94. The molecule has 0 spiro atoms. The van der Waals surface area contributed by atoms with Gasteiger partial charge in [-0.25, -0.2) is 0 Å². The van der Waals surface area contributed by atoms with Gasteiger partial charge >= 0.3 is 0 Å². The Morgan fingerprint density at radius 2 is 2.00 bits per heavy atom. The molecule has 2 rings (SSSR count). The van der Waals surface area contributed by atoms with Crippen molar-refractivity contribution in [3.8, 4) is 0 Å². The molecular formula is C17H32N6. The standard InChI is InChI=1S/C17H32N6/c1-6-9-23-10-7-15(8-11-23)20-17(18-4)19-12-16-13(2)21-22(5)14(16)3/h15H,6-12H2,1-5H3,(H2,18,19,20). The van der Waals surface area contributed by atoms with Gasteiger partial charge in [0, 0.05) is 51.0 Å². The third kappa shape index (κ3) is 4.70. The van der Waals surface area contributed by atoms with Crippen molar-refractivity contribution in [3.05, 3.63) is 17.0 Å². The predicted octanol–water partition coefficient (Wildman–Crippen LogP) is 1.58. The quantitative estimate of drug-likeness (QED) is 0.639. The normalized spacial score (nSPS) is 17.5. The second-order valence-electron chi connectivity index (χ2n) is 6.46. The summed E-state index contributed by atoms with van der Waals surface area (Å²) in [7, 11) is 3.83. The maximum atomic E-state index is 4.47. The van der Waals surface area contributed by atoms with Gasteiger partial charge in [-0.3, -0.25) is 9.67 Å². The van der Waals surface area contributed by atoms with E-state index in [4.69, 9.17) is 0 Å². The fourth-order valence-electron chi connectivity index (χ4n) is 3.25. The summed E-state index contributed by atoms with van der Waals surface area (Å²) >= 11 is 0. The Morgan fingerprint density at radius 3 is 2.52 bits per heavy atom. The third-order valence-corrected chi connectivity index (χ3v) is 4.78. The maximum Gasteiger partial charge on any atom is 0.191 e. The minimum absolute atomic E-state index is 0.519. The van der Waals surface area contributed by atoms with Crippen LogP contribution in [0.1, 0.15) is 43.1 Å². The van der Waals surface area contributed by atoms with Crippen LogP contribution < -0.4 is 10.6 Å². The Balaban J connectivity index is 1.82. The van der Waals surface area contributed by atoms with E-state index in [-0.39, 0.29) is 0 Å². The van der Waals surface area contributed by atoms with Crippen LogP contribution in [0.25, 0.3) is 0 Å². The van der Waals surface area contributed by atoms with E-state index in [1.165, 1.54) is 50.2 Å². The van der Waals surface area contributed by atoms with Crippen LogP contribution in [0.3, 0.4) is 0 Å². The van der Waals surface area contributed by atoms with Gasteiger partial charge in [0.1, 0.15) is 0 Å². The molecule has 0 aliphatic carbocycles. The number of aryl methyl sites for hydroxylation is 2. The number of aromatic nitrogens is 2. The Morgan fingerprint density at radius 1 is 1.30 bits per heavy atom. The molecule has 23 heavy (non-hydrogen) atoms. The van der Waals surface area contributed by atoms with Gasteiger partial charge in [0.2, 0.25) is 0 Å². The van der Waals surface area contributed by atoms with Crippen LogP contribution >= 0.6 is 0 Å². The lowest BCUT2D eigenvalue weighted by Crippen LogP contribution is -2.48. The molecule has 1 aliphatic rings. The highest BCUT2D eigenvalue weighted by Gasteiger charge is 2.19. The van der Waals surface area contributed by atoms with Gasteiger partial charge in [0.25, 0.3) is 0 Å². The minimum atomic E-state index is 0.519. The number of hydrogen-bond acceptors (Lipinski definition) is 3. The highest BCUT2D eigenvalue weighted by atomic mass is 15.3. The summed E-state index contributed by atoms with van der Waals surface area (Å²) in [4.78, 5) is 6.92. The molecule has 0 bridgehead atoms. The van der Waals surface area contributed by atoms with Crippen LogP contribution in [0.15, 0.2) is 4.99 Å². The molecule has 6 heteroatoms. The zero-order chi connectivity index (χ0) is 16.8. The minimum Gasteiger partial charge on any atom is -0.354 e. The molecule has 0 saturated carbocycles. The lowest BCUT2D eigenvalue weighted by molar-refractivity contribution is 0.206. The first-order valence-electron chi connectivity index (χ1n) is 8.73. The number of piperidine rings is 1.